The van der Waals surface area contributed by atoms with Crippen LogP contribution in [0.2, 0.25) is 5.02 Å². The molecule has 3 aromatic rings. The summed E-state index contributed by atoms with van der Waals surface area (Å²) < 4.78 is 0. The van der Waals surface area contributed by atoms with E-state index in [1.165, 1.54) is 71.4 Å². The fraction of sp³-hybridized carbons (Fsp3) is 0.586. The molecule has 0 saturated carbocycles. The Kier molecular flexibility index (Phi) is 7.93. The van der Waals surface area contributed by atoms with Crippen molar-refractivity contribution < 1.29 is 0 Å². The van der Waals surface area contributed by atoms with Crippen LogP contribution in [0, 0.1) is 11.8 Å². The molecule has 8 heteroatoms. The summed E-state index contributed by atoms with van der Waals surface area (Å²) in [4.78, 5) is 18.1. The van der Waals surface area contributed by atoms with Crippen molar-refractivity contribution in [3.63, 3.8) is 0 Å². The van der Waals surface area contributed by atoms with Gasteiger partial charge in [0.05, 0.1) is 16.9 Å². The number of fused-ring (bicyclic) bond motifs is 1. The highest BCUT2D eigenvalue weighted by Gasteiger charge is 2.28. The van der Waals surface area contributed by atoms with E-state index in [-0.39, 0.29) is 0 Å². The van der Waals surface area contributed by atoms with Crippen molar-refractivity contribution in [3.8, 4) is 11.3 Å². The normalized spacial score (nSPS) is 24.1. The van der Waals surface area contributed by atoms with E-state index in [1.807, 2.05) is 18.3 Å². The van der Waals surface area contributed by atoms with E-state index in [0.29, 0.717) is 17.0 Å². The van der Waals surface area contributed by atoms with Gasteiger partial charge in [0.25, 0.3) is 0 Å². The largest absolute Gasteiger partial charge is 0.360 e. The molecule has 3 N–H and O–H groups in total. The van der Waals surface area contributed by atoms with Crippen LogP contribution in [0.4, 0.5) is 5.95 Å². The molecule has 6 rings (SSSR count). The minimum Gasteiger partial charge on any atom is -0.360 e. The fourth-order valence-electron chi connectivity index (χ4n) is 6.60. The van der Waals surface area contributed by atoms with E-state index < -0.39 is 0 Å². The van der Waals surface area contributed by atoms with E-state index in [2.05, 4.69) is 42.5 Å². The topological polar surface area (TPSA) is 72.1 Å². The van der Waals surface area contributed by atoms with Crippen LogP contribution < -0.4 is 10.6 Å². The molecule has 0 spiro atoms. The van der Waals surface area contributed by atoms with Crippen molar-refractivity contribution in [1.29, 1.82) is 0 Å². The monoisotopic (exact) mass is 521 g/mol. The zero-order chi connectivity index (χ0) is 25.0. The smallest absolute Gasteiger partial charge is 0.223 e. The highest BCUT2D eigenvalue weighted by molar-refractivity contribution is 6.33. The van der Waals surface area contributed by atoms with Crippen molar-refractivity contribution in [3.05, 3.63) is 41.7 Å². The summed E-state index contributed by atoms with van der Waals surface area (Å²) >= 11 is 6.53. The minimum atomic E-state index is 0.372. The Hall–Kier alpha value is -2.19. The van der Waals surface area contributed by atoms with Crippen LogP contribution in [-0.2, 0) is 0 Å². The van der Waals surface area contributed by atoms with Gasteiger partial charge in [-0.2, -0.15) is 0 Å². The third kappa shape index (κ3) is 6.11. The first kappa shape index (κ1) is 25.1. The van der Waals surface area contributed by atoms with Crippen molar-refractivity contribution in [2.24, 2.45) is 11.8 Å². The van der Waals surface area contributed by atoms with Crippen LogP contribution in [0.15, 0.2) is 36.7 Å². The maximum atomic E-state index is 6.53. The standard InChI is InChI=1S/C29H40ClN7/c30-26-17-33-29(35-28(26)25-16-32-27-6-2-1-5-24(25)27)34-23-10-15-37(20-23)19-22-4-3-13-36(18-22)14-9-21-7-11-31-12-8-21/h1-2,5-6,16-17,21-23,31-32H,3-4,7-15,18-20H2,(H,33,34,35)/t22?,23-/m1/s1. The van der Waals surface area contributed by atoms with Gasteiger partial charge in [-0.15, -0.1) is 0 Å². The molecule has 198 valence electrons. The van der Waals surface area contributed by atoms with Gasteiger partial charge in [0.2, 0.25) is 5.95 Å². The number of nitrogens with one attached hydrogen (secondary N) is 3. The molecule has 3 saturated heterocycles. The molecule has 0 aliphatic carbocycles. The Balaban J connectivity index is 1.01. The number of likely N-dealkylation sites (tertiary alicyclic amines) is 2. The van der Waals surface area contributed by atoms with Gasteiger partial charge in [-0.3, -0.25) is 0 Å². The van der Waals surface area contributed by atoms with Crippen LogP contribution in [0.5, 0.6) is 0 Å². The molecule has 0 amide bonds. The second-order valence-corrected chi connectivity index (χ2v) is 11.7. The Labute approximate surface area is 225 Å². The van der Waals surface area contributed by atoms with Crippen LogP contribution in [0.25, 0.3) is 22.2 Å². The van der Waals surface area contributed by atoms with E-state index in [4.69, 9.17) is 16.6 Å². The fourth-order valence-corrected chi connectivity index (χ4v) is 6.79. The number of para-hydroxylation sites is 1. The van der Waals surface area contributed by atoms with Crippen LogP contribution in [0.1, 0.15) is 38.5 Å². The van der Waals surface area contributed by atoms with Gasteiger partial charge in [0, 0.05) is 54.9 Å². The Bertz CT molecular complexity index is 1170. The molecular formula is C29H40ClN7. The lowest BCUT2D eigenvalue weighted by molar-refractivity contribution is 0.133. The lowest BCUT2D eigenvalue weighted by Crippen LogP contribution is -2.42. The van der Waals surface area contributed by atoms with Gasteiger partial charge >= 0.3 is 0 Å². The summed E-state index contributed by atoms with van der Waals surface area (Å²) in [6, 6.07) is 8.61. The van der Waals surface area contributed by atoms with Crippen molar-refractivity contribution in [2.75, 3.05) is 57.7 Å². The third-order valence-electron chi connectivity index (χ3n) is 8.63. The number of anilines is 1. The van der Waals surface area contributed by atoms with Crippen LogP contribution >= 0.6 is 11.6 Å². The Morgan fingerprint density at radius 1 is 1.00 bits per heavy atom. The van der Waals surface area contributed by atoms with E-state index in [0.717, 1.165) is 53.5 Å². The number of hydrogen-bond acceptors (Lipinski definition) is 6. The molecule has 1 aromatic carbocycles. The first-order valence-corrected chi connectivity index (χ1v) is 14.6. The Morgan fingerprint density at radius 3 is 2.81 bits per heavy atom. The van der Waals surface area contributed by atoms with Gasteiger partial charge in [0.15, 0.2) is 0 Å². The molecule has 3 fully saturated rings. The van der Waals surface area contributed by atoms with Crippen molar-refractivity contribution in [2.45, 2.75) is 44.6 Å². The highest BCUT2D eigenvalue weighted by Crippen LogP contribution is 2.32. The zero-order valence-corrected chi connectivity index (χ0v) is 22.5. The Morgan fingerprint density at radius 2 is 1.89 bits per heavy atom. The summed E-state index contributed by atoms with van der Waals surface area (Å²) in [5.41, 5.74) is 2.88. The SMILES string of the molecule is Clc1cnc(N[C@@H]2CCN(CC3CCCN(CCC4CCNCC4)C3)C2)nc1-c1c[nH]c2ccccc12. The van der Waals surface area contributed by atoms with E-state index in [1.54, 1.807) is 6.20 Å². The molecule has 3 aliphatic heterocycles. The predicted octanol–water partition coefficient (Wildman–Crippen LogP) is 4.87. The number of aromatic amines is 1. The maximum absolute atomic E-state index is 6.53. The number of hydrogen-bond donors (Lipinski definition) is 3. The number of rotatable bonds is 8. The predicted molar refractivity (Wildman–Crippen MR) is 152 cm³/mol. The molecule has 5 heterocycles. The van der Waals surface area contributed by atoms with E-state index in [9.17, 15) is 0 Å². The number of aromatic nitrogens is 3. The molecule has 37 heavy (non-hydrogen) atoms. The van der Waals surface area contributed by atoms with Crippen LogP contribution in [0.3, 0.4) is 0 Å². The maximum Gasteiger partial charge on any atom is 0.223 e. The number of nitrogens with zero attached hydrogens (tertiary/aromatic N) is 4. The molecular weight excluding hydrogens is 482 g/mol. The molecule has 1 unspecified atom stereocenters. The third-order valence-corrected chi connectivity index (χ3v) is 8.90. The minimum absolute atomic E-state index is 0.372. The summed E-state index contributed by atoms with van der Waals surface area (Å²) in [5, 5.41) is 8.80. The lowest BCUT2D eigenvalue weighted by atomic mass is 9.93. The van der Waals surface area contributed by atoms with Gasteiger partial charge < -0.3 is 25.4 Å². The second kappa shape index (κ2) is 11.7. The second-order valence-electron chi connectivity index (χ2n) is 11.3. The average Bonchev–Trinajstić information content (AvgIpc) is 3.56. The zero-order valence-electron chi connectivity index (χ0n) is 21.8. The lowest BCUT2D eigenvalue weighted by Gasteiger charge is -2.35. The summed E-state index contributed by atoms with van der Waals surface area (Å²) in [6.45, 7) is 9.69. The summed E-state index contributed by atoms with van der Waals surface area (Å²) in [5.74, 6) is 2.39. The van der Waals surface area contributed by atoms with Crippen molar-refractivity contribution >= 4 is 28.5 Å². The first-order chi connectivity index (χ1) is 18.2. The molecule has 0 bridgehead atoms. The first-order valence-electron chi connectivity index (χ1n) is 14.2. The summed E-state index contributed by atoms with van der Waals surface area (Å²) in [6.07, 6.45) is 11.7. The number of piperidine rings is 2. The average molecular weight is 522 g/mol. The molecule has 2 atom stereocenters. The quantitative estimate of drug-likeness (QED) is 0.393. The van der Waals surface area contributed by atoms with Crippen molar-refractivity contribution in [1.82, 2.24) is 30.1 Å². The van der Waals surface area contributed by atoms with E-state index >= 15 is 0 Å². The highest BCUT2D eigenvalue weighted by atomic mass is 35.5. The number of benzene rings is 1. The van der Waals surface area contributed by atoms with Gasteiger partial charge in [-0.1, -0.05) is 29.8 Å². The van der Waals surface area contributed by atoms with Crippen LogP contribution in [-0.4, -0.2) is 83.2 Å². The van der Waals surface area contributed by atoms with Gasteiger partial charge in [-0.25, -0.2) is 9.97 Å². The molecule has 7 nitrogen and oxygen atoms in total. The molecule has 2 aromatic heterocycles. The molecule has 3 aliphatic rings. The summed E-state index contributed by atoms with van der Waals surface area (Å²) in [7, 11) is 0. The van der Waals surface area contributed by atoms with Gasteiger partial charge in [-0.05, 0) is 82.6 Å². The van der Waals surface area contributed by atoms with Gasteiger partial charge in [0.1, 0.15) is 0 Å². The number of H-pyrrole nitrogens is 1. The molecule has 0 radical (unpaired) electrons. The number of halogens is 1.